The molecule has 0 saturated carbocycles. The first-order valence-electron chi connectivity index (χ1n) is 13.7. The molecule has 0 radical (unpaired) electrons. The lowest BCUT2D eigenvalue weighted by molar-refractivity contribution is 0.466. The molecule has 5 aromatic heterocycles. The molecule has 0 saturated heterocycles. The molecule has 0 N–H and O–H groups in total. The summed E-state index contributed by atoms with van der Waals surface area (Å²) in [6, 6.07) is 41.9. The summed E-state index contributed by atoms with van der Waals surface area (Å²) < 4.78 is 10.8. The van der Waals surface area contributed by atoms with E-state index in [0.717, 1.165) is 44.4 Å². The first-order valence-corrected chi connectivity index (χ1v) is 13.7. The van der Waals surface area contributed by atoms with Gasteiger partial charge in [-0.1, -0.05) is 48.5 Å². The lowest BCUT2D eigenvalue weighted by Crippen LogP contribution is -1.97. The van der Waals surface area contributed by atoms with Gasteiger partial charge in [0.2, 0.25) is 5.88 Å². The molecule has 41 heavy (non-hydrogen) atoms. The van der Waals surface area contributed by atoms with Gasteiger partial charge in [0.05, 0.1) is 27.6 Å². The van der Waals surface area contributed by atoms with E-state index in [9.17, 15) is 0 Å². The zero-order chi connectivity index (χ0) is 26.9. The van der Waals surface area contributed by atoms with Crippen LogP contribution in [-0.4, -0.2) is 18.9 Å². The topological polar surface area (TPSA) is 44.4 Å². The first-order chi connectivity index (χ1) is 20.3. The molecule has 4 aromatic carbocycles. The summed E-state index contributed by atoms with van der Waals surface area (Å²) in [6.07, 6.45) is 3.93. The predicted octanol–water partition coefficient (Wildman–Crippen LogP) is 9.08. The molecule has 0 bridgehead atoms. The molecule has 0 aliphatic carbocycles. The Bertz CT molecular complexity index is 2450. The fourth-order valence-corrected chi connectivity index (χ4v) is 6.21. The van der Waals surface area contributed by atoms with Gasteiger partial charge in [0.25, 0.3) is 0 Å². The van der Waals surface area contributed by atoms with Gasteiger partial charge < -0.3 is 9.14 Å². The van der Waals surface area contributed by atoms with Crippen LogP contribution in [0.4, 0.5) is 0 Å². The number of benzene rings is 4. The molecule has 0 atom stereocenters. The van der Waals surface area contributed by atoms with Crippen molar-refractivity contribution in [1.29, 1.82) is 0 Å². The maximum absolute atomic E-state index is 6.44. The molecule has 192 valence electrons. The van der Waals surface area contributed by atoms with E-state index in [2.05, 4.69) is 111 Å². The summed E-state index contributed by atoms with van der Waals surface area (Å²) in [5.41, 5.74) is 5.28. The van der Waals surface area contributed by atoms with E-state index in [1.807, 2.05) is 36.5 Å². The van der Waals surface area contributed by atoms with E-state index in [-0.39, 0.29) is 0 Å². The van der Waals surface area contributed by atoms with Crippen molar-refractivity contribution in [3.8, 4) is 17.4 Å². The molecule has 5 heterocycles. The van der Waals surface area contributed by atoms with Gasteiger partial charge in [-0.3, -0.25) is 4.57 Å². The smallest absolute Gasteiger partial charge is 0.219 e. The Labute approximate surface area is 234 Å². The van der Waals surface area contributed by atoms with Crippen LogP contribution < -0.4 is 4.74 Å². The minimum Gasteiger partial charge on any atom is -0.439 e. The predicted molar refractivity (Wildman–Crippen MR) is 166 cm³/mol. The van der Waals surface area contributed by atoms with Gasteiger partial charge in [-0.25, -0.2) is 9.97 Å². The van der Waals surface area contributed by atoms with Crippen molar-refractivity contribution < 1.29 is 4.74 Å². The SMILES string of the molecule is c1ccc(-n2c3ccccc3c3ccc(Oc4ccc5c6cc7ccccc7cc6n6cccc6c5n4)cc32)nc1. The second-order valence-corrected chi connectivity index (χ2v) is 10.3. The van der Waals surface area contributed by atoms with Crippen molar-refractivity contribution >= 4 is 59.9 Å². The summed E-state index contributed by atoms with van der Waals surface area (Å²) in [5, 5.41) is 7.04. The van der Waals surface area contributed by atoms with Crippen LogP contribution in [0.15, 0.2) is 134 Å². The van der Waals surface area contributed by atoms with Gasteiger partial charge in [-0.2, -0.15) is 0 Å². The number of ether oxygens (including phenoxy) is 1. The largest absolute Gasteiger partial charge is 0.439 e. The summed E-state index contributed by atoms with van der Waals surface area (Å²) in [4.78, 5) is 9.69. The molecule has 5 heteroatoms. The van der Waals surface area contributed by atoms with Crippen LogP contribution in [0.25, 0.3) is 65.7 Å². The molecule has 9 rings (SSSR count). The molecule has 0 fully saturated rings. The number of para-hydroxylation sites is 1. The average Bonchev–Trinajstić information content (AvgIpc) is 3.64. The van der Waals surface area contributed by atoms with Crippen LogP contribution in [0.1, 0.15) is 0 Å². The molecule has 0 spiro atoms. The van der Waals surface area contributed by atoms with Gasteiger partial charge in [-0.15, -0.1) is 0 Å². The molecular weight excluding hydrogens is 504 g/mol. The number of aromatic nitrogens is 4. The van der Waals surface area contributed by atoms with Gasteiger partial charge in [0.1, 0.15) is 11.6 Å². The van der Waals surface area contributed by atoms with E-state index in [1.165, 1.54) is 27.1 Å². The highest BCUT2D eigenvalue weighted by Gasteiger charge is 2.15. The number of fused-ring (bicyclic) bond motifs is 10. The van der Waals surface area contributed by atoms with E-state index in [0.29, 0.717) is 5.88 Å². The zero-order valence-electron chi connectivity index (χ0n) is 21.9. The Balaban J connectivity index is 1.22. The Morgan fingerprint density at radius 2 is 1.32 bits per heavy atom. The quantitative estimate of drug-likeness (QED) is 0.170. The van der Waals surface area contributed by atoms with E-state index >= 15 is 0 Å². The van der Waals surface area contributed by atoms with Crippen LogP contribution in [0, 0.1) is 0 Å². The molecule has 0 unspecified atom stereocenters. The molecule has 0 aliphatic heterocycles. The van der Waals surface area contributed by atoms with Gasteiger partial charge >= 0.3 is 0 Å². The number of hydrogen-bond acceptors (Lipinski definition) is 3. The third-order valence-electron chi connectivity index (χ3n) is 8.02. The third kappa shape index (κ3) is 3.29. The highest BCUT2D eigenvalue weighted by atomic mass is 16.5. The summed E-state index contributed by atoms with van der Waals surface area (Å²) in [6.45, 7) is 0. The fourth-order valence-electron chi connectivity index (χ4n) is 6.21. The Morgan fingerprint density at radius 1 is 0.537 bits per heavy atom. The van der Waals surface area contributed by atoms with Crippen molar-refractivity contribution in [2.75, 3.05) is 0 Å². The minimum absolute atomic E-state index is 0.556. The van der Waals surface area contributed by atoms with Gasteiger partial charge in [-0.05, 0) is 71.4 Å². The summed E-state index contributed by atoms with van der Waals surface area (Å²) in [7, 11) is 0. The molecule has 0 aliphatic rings. The second kappa shape index (κ2) is 8.41. The van der Waals surface area contributed by atoms with E-state index < -0.39 is 0 Å². The molecule has 5 nitrogen and oxygen atoms in total. The average molecular weight is 527 g/mol. The first kappa shape index (κ1) is 22.2. The Kier molecular flexibility index (Phi) is 4.55. The van der Waals surface area contributed by atoms with Gasteiger partial charge in [0, 0.05) is 46.1 Å². The zero-order valence-corrected chi connectivity index (χ0v) is 21.9. The van der Waals surface area contributed by atoms with Gasteiger partial charge in [0.15, 0.2) is 0 Å². The third-order valence-corrected chi connectivity index (χ3v) is 8.02. The lowest BCUT2D eigenvalue weighted by Gasteiger charge is -2.12. The van der Waals surface area contributed by atoms with Crippen LogP contribution in [0.5, 0.6) is 11.6 Å². The van der Waals surface area contributed by atoms with Crippen LogP contribution in [0.2, 0.25) is 0 Å². The summed E-state index contributed by atoms with van der Waals surface area (Å²) >= 11 is 0. The van der Waals surface area contributed by atoms with E-state index in [1.54, 1.807) is 0 Å². The molecular formula is C36H22N4O. The molecule has 0 amide bonds. The standard InChI is InChI=1S/C36H22N4O/c1-2-9-24-21-32-29(20-23(24)8-1)28-16-17-35(38-36(28)31-12-7-19-39(31)32)41-25-14-15-27-26-10-3-4-11-30(26)40(33(27)22-25)34-13-5-6-18-37-34/h1-22H. The van der Waals surface area contributed by atoms with Crippen molar-refractivity contribution in [2.24, 2.45) is 0 Å². The fraction of sp³-hybridized carbons (Fsp3) is 0. The lowest BCUT2D eigenvalue weighted by atomic mass is 10.0. The van der Waals surface area contributed by atoms with Crippen LogP contribution in [-0.2, 0) is 0 Å². The van der Waals surface area contributed by atoms with Crippen molar-refractivity contribution in [1.82, 2.24) is 18.9 Å². The maximum Gasteiger partial charge on any atom is 0.219 e. The normalized spacial score (nSPS) is 11.9. The highest BCUT2D eigenvalue weighted by Crippen LogP contribution is 2.36. The second-order valence-electron chi connectivity index (χ2n) is 10.3. The van der Waals surface area contributed by atoms with Crippen LogP contribution in [0.3, 0.4) is 0 Å². The molecule has 9 aromatic rings. The highest BCUT2D eigenvalue weighted by molar-refractivity contribution is 6.14. The number of hydrogen-bond donors (Lipinski definition) is 0. The van der Waals surface area contributed by atoms with Crippen LogP contribution >= 0.6 is 0 Å². The summed E-state index contributed by atoms with van der Waals surface area (Å²) in [5.74, 6) is 2.15. The minimum atomic E-state index is 0.556. The Hall–Kier alpha value is -5.68. The maximum atomic E-state index is 6.44. The van der Waals surface area contributed by atoms with Crippen molar-refractivity contribution in [3.05, 3.63) is 134 Å². The van der Waals surface area contributed by atoms with E-state index in [4.69, 9.17) is 9.72 Å². The van der Waals surface area contributed by atoms with Crippen molar-refractivity contribution in [2.45, 2.75) is 0 Å². The van der Waals surface area contributed by atoms with Crippen molar-refractivity contribution in [3.63, 3.8) is 0 Å². The number of rotatable bonds is 3. The monoisotopic (exact) mass is 526 g/mol. The number of pyridine rings is 3. The number of nitrogens with zero attached hydrogens (tertiary/aromatic N) is 4. The Morgan fingerprint density at radius 3 is 2.22 bits per heavy atom.